The van der Waals surface area contributed by atoms with Crippen molar-refractivity contribution in [3.8, 4) is 0 Å². The number of nitrogens with two attached hydrogens (primary N) is 1. The van der Waals surface area contributed by atoms with Gasteiger partial charge >= 0.3 is 5.97 Å². The molecule has 1 amide bonds. The highest BCUT2D eigenvalue weighted by Gasteiger charge is 2.24. The van der Waals surface area contributed by atoms with Gasteiger partial charge in [0.05, 0.1) is 0 Å². The van der Waals surface area contributed by atoms with Crippen LogP contribution in [-0.2, 0) is 9.59 Å². The largest absolute Gasteiger partial charge is 0.480 e. The Morgan fingerprint density at radius 1 is 1.26 bits per heavy atom. The molecule has 0 saturated carbocycles. The lowest BCUT2D eigenvalue weighted by atomic mass is 10.1. The zero-order valence-corrected chi connectivity index (χ0v) is 11.2. The van der Waals surface area contributed by atoms with Crippen molar-refractivity contribution in [1.29, 1.82) is 0 Å². The van der Waals surface area contributed by atoms with E-state index in [1.165, 1.54) is 4.90 Å². The van der Waals surface area contributed by atoms with Crippen molar-refractivity contribution < 1.29 is 14.7 Å². The number of carbonyl (C=O) groups is 2. The molecular weight excluding hydrogens is 244 g/mol. The van der Waals surface area contributed by atoms with Gasteiger partial charge in [0.1, 0.15) is 12.6 Å². The monoisotopic (exact) mass is 264 g/mol. The topological polar surface area (TPSA) is 83.6 Å². The fraction of sp³-hybridized carbons (Fsp3) is 0.429. The van der Waals surface area contributed by atoms with E-state index in [0.717, 1.165) is 0 Å². The number of hydrogen-bond donors (Lipinski definition) is 2. The predicted octanol–water partition coefficient (Wildman–Crippen LogP) is 1.26. The Hall–Kier alpha value is -1.88. The number of aliphatic carboxylic acids is 1. The molecule has 0 bridgehead atoms. The lowest BCUT2D eigenvalue weighted by molar-refractivity contribution is -0.145. The molecular formula is C14H20N2O3. The van der Waals surface area contributed by atoms with E-state index in [4.69, 9.17) is 10.8 Å². The van der Waals surface area contributed by atoms with Crippen molar-refractivity contribution >= 4 is 11.9 Å². The molecule has 0 aromatic heterocycles. The van der Waals surface area contributed by atoms with Crippen LogP contribution in [0.25, 0.3) is 0 Å². The van der Waals surface area contributed by atoms with E-state index in [0.29, 0.717) is 12.1 Å². The molecule has 0 aliphatic rings. The van der Waals surface area contributed by atoms with Crippen molar-refractivity contribution in [1.82, 2.24) is 4.90 Å². The second-order valence-electron chi connectivity index (χ2n) is 4.89. The van der Waals surface area contributed by atoms with Gasteiger partial charge in [-0.3, -0.25) is 9.59 Å². The molecule has 1 aromatic carbocycles. The zero-order chi connectivity index (χ0) is 14.4. The van der Waals surface area contributed by atoms with Crippen LogP contribution in [0.3, 0.4) is 0 Å². The molecule has 0 heterocycles. The lowest BCUT2D eigenvalue weighted by Crippen LogP contribution is -2.43. The van der Waals surface area contributed by atoms with Crippen LogP contribution in [0, 0.1) is 5.92 Å². The normalized spacial score (nSPS) is 12.2. The number of amides is 1. The Morgan fingerprint density at radius 3 is 2.32 bits per heavy atom. The molecule has 0 aliphatic carbocycles. The average Bonchev–Trinajstić information content (AvgIpc) is 2.36. The summed E-state index contributed by atoms with van der Waals surface area (Å²) in [6.07, 6.45) is 0. The van der Waals surface area contributed by atoms with Crippen molar-refractivity contribution in [2.45, 2.75) is 19.9 Å². The highest BCUT2D eigenvalue weighted by Crippen LogP contribution is 2.13. The maximum atomic E-state index is 12.3. The molecule has 5 heteroatoms. The molecule has 19 heavy (non-hydrogen) atoms. The number of benzene rings is 1. The highest BCUT2D eigenvalue weighted by molar-refractivity contribution is 5.86. The SMILES string of the molecule is CC(C)CN(CC(=O)O)C(=O)[C@H](N)c1ccccc1. The van der Waals surface area contributed by atoms with Gasteiger partial charge in [-0.2, -0.15) is 0 Å². The second-order valence-corrected chi connectivity index (χ2v) is 4.89. The third-order valence-electron chi connectivity index (χ3n) is 2.65. The minimum atomic E-state index is -1.03. The Kier molecular flexibility index (Phi) is 5.51. The second kappa shape index (κ2) is 6.89. The Morgan fingerprint density at radius 2 is 1.84 bits per heavy atom. The van der Waals surface area contributed by atoms with Crippen LogP contribution in [0.1, 0.15) is 25.5 Å². The molecule has 0 saturated heterocycles. The first kappa shape index (κ1) is 15.2. The average molecular weight is 264 g/mol. The Bertz CT molecular complexity index is 432. The molecule has 0 aliphatic heterocycles. The van der Waals surface area contributed by atoms with Crippen molar-refractivity contribution in [3.63, 3.8) is 0 Å². The molecule has 0 radical (unpaired) electrons. The molecule has 5 nitrogen and oxygen atoms in total. The fourth-order valence-electron chi connectivity index (χ4n) is 1.84. The van der Waals surface area contributed by atoms with E-state index < -0.39 is 12.0 Å². The maximum absolute atomic E-state index is 12.3. The third kappa shape index (κ3) is 4.71. The van der Waals surface area contributed by atoms with Crippen LogP contribution in [0.4, 0.5) is 0 Å². The van der Waals surface area contributed by atoms with Gasteiger partial charge in [-0.15, -0.1) is 0 Å². The number of carboxylic acid groups (broad SMARTS) is 1. The van der Waals surface area contributed by atoms with Gasteiger partial charge in [-0.25, -0.2) is 0 Å². The smallest absolute Gasteiger partial charge is 0.323 e. The number of carbonyl (C=O) groups excluding carboxylic acids is 1. The van der Waals surface area contributed by atoms with E-state index in [1.807, 2.05) is 19.9 Å². The zero-order valence-electron chi connectivity index (χ0n) is 11.2. The lowest BCUT2D eigenvalue weighted by Gasteiger charge is -2.25. The number of rotatable bonds is 6. The van der Waals surface area contributed by atoms with Crippen molar-refractivity contribution in [2.75, 3.05) is 13.1 Å². The highest BCUT2D eigenvalue weighted by atomic mass is 16.4. The predicted molar refractivity (Wildman–Crippen MR) is 72.4 cm³/mol. The van der Waals surface area contributed by atoms with E-state index in [9.17, 15) is 9.59 Å². The first-order valence-electron chi connectivity index (χ1n) is 6.23. The summed E-state index contributed by atoms with van der Waals surface area (Å²) >= 11 is 0. The fourth-order valence-corrected chi connectivity index (χ4v) is 1.84. The van der Waals surface area contributed by atoms with Gasteiger partial charge in [0.25, 0.3) is 0 Å². The Labute approximate surface area is 113 Å². The van der Waals surface area contributed by atoms with Crippen molar-refractivity contribution in [3.05, 3.63) is 35.9 Å². The number of nitrogens with zero attached hydrogens (tertiary/aromatic N) is 1. The van der Waals surface area contributed by atoms with Crippen LogP contribution in [0.2, 0.25) is 0 Å². The summed E-state index contributed by atoms with van der Waals surface area (Å²) in [5.74, 6) is -1.21. The Balaban J connectivity index is 2.83. The summed E-state index contributed by atoms with van der Waals surface area (Å²) in [4.78, 5) is 24.4. The van der Waals surface area contributed by atoms with Crippen LogP contribution < -0.4 is 5.73 Å². The van der Waals surface area contributed by atoms with E-state index in [-0.39, 0.29) is 18.4 Å². The minimum absolute atomic E-state index is 0.186. The molecule has 104 valence electrons. The summed E-state index contributed by atoms with van der Waals surface area (Å²) in [6.45, 7) is 3.91. The number of carboxylic acids is 1. The first-order chi connectivity index (χ1) is 8.91. The minimum Gasteiger partial charge on any atom is -0.480 e. The molecule has 1 rings (SSSR count). The number of hydrogen-bond acceptors (Lipinski definition) is 3. The van der Waals surface area contributed by atoms with E-state index in [1.54, 1.807) is 24.3 Å². The van der Waals surface area contributed by atoms with Gasteiger partial charge in [-0.1, -0.05) is 44.2 Å². The molecule has 1 atom stereocenters. The van der Waals surface area contributed by atoms with Crippen LogP contribution >= 0.6 is 0 Å². The summed E-state index contributed by atoms with van der Waals surface area (Å²) in [7, 11) is 0. The van der Waals surface area contributed by atoms with Gasteiger partial charge in [0.2, 0.25) is 5.91 Å². The van der Waals surface area contributed by atoms with Crippen LogP contribution in [-0.4, -0.2) is 35.0 Å². The molecule has 0 fully saturated rings. The maximum Gasteiger partial charge on any atom is 0.323 e. The molecule has 1 aromatic rings. The summed E-state index contributed by atoms with van der Waals surface area (Å²) in [6, 6.07) is 8.13. The molecule has 0 spiro atoms. The van der Waals surface area contributed by atoms with Gasteiger partial charge < -0.3 is 15.7 Å². The van der Waals surface area contributed by atoms with E-state index >= 15 is 0 Å². The van der Waals surface area contributed by atoms with Gasteiger partial charge in [0, 0.05) is 6.54 Å². The standard InChI is InChI=1S/C14H20N2O3/c1-10(2)8-16(9-12(17)18)14(19)13(15)11-6-4-3-5-7-11/h3-7,10,13H,8-9,15H2,1-2H3,(H,17,18)/t13-/m1/s1. The summed E-state index contributed by atoms with van der Waals surface area (Å²) in [5.41, 5.74) is 6.59. The van der Waals surface area contributed by atoms with Crippen molar-refractivity contribution in [2.24, 2.45) is 11.7 Å². The quantitative estimate of drug-likeness (QED) is 0.810. The first-order valence-corrected chi connectivity index (χ1v) is 6.23. The van der Waals surface area contributed by atoms with Gasteiger partial charge in [0.15, 0.2) is 0 Å². The van der Waals surface area contributed by atoms with Crippen LogP contribution in [0.5, 0.6) is 0 Å². The summed E-state index contributed by atoms with van der Waals surface area (Å²) in [5, 5.41) is 8.86. The van der Waals surface area contributed by atoms with Gasteiger partial charge in [-0.05, 0) is 11.5 Å². The van der Waals surface area contributed by atoms with Crippen LogP contribution in [0.15, 0.2) is 30.3 Å². The van der Waals surface area contributed by atoms with E-state index in [2.05, 4.69) is 0 Å². The molecule has 3 N–H and O–H groups in total. The third-order valence-corrected chi connectivity index (χ3v) is 2.65. The summed E-state index contributed by atoms with van der Waals surface area (Å²) < 4.78 is 0. The molecule has 0 unspecified atom stereocenters.